The summed E-state index contributed by atoms with van der Waals surface area (Å²) >= 11 is 1.66. The number of aliphatic hydroxyl groups excluding tert-OH is 1. The Kier molecular flexibility index (Phi) is 7.29. The van der Waals surface area contributed by atoms with Crippen molar-refractivity contribution in [1.82, 2.24) is 15.5 Å². The first-order chi connectivity index (χ1) is 14.7. The van der Waals surface area contributed by atoms with Crippen molar-refractivity contribution >= 4 is 17.4 Å². The van der Waals surface area contributed by atoms with E-state index in [9.17, 15) is 9.90 Å². The van der Waals surface area contributed by atoms with E-state index in [0.29, 0.717) is 23.4 Å². The van der Waals surface area contributed by atoms with Crippen molar-refractivity contribution < 1.29 is 24.2 Å². The Hall–Kier alpha value is -2.91. The zero-order valence-corrected chi connectivity index (χ0v) is 18.8. The standard InChI is InChI=1S/C22H27N3O5S/c1-12(2)7-17-5-6-18(31-17)21-25-24-20(30-21)15-8-13(3)19(14(4)9-15)29-11-16(26)10-23-22(27)28/h5-6,8-9,12,16,23,26H,7,10-11H2,1-4H3,(H,27,28). The van der Waals surface area contributed by atoms with Crippen molar-refractivity contribution in [3.63, 3.8) is 0 Å². The van der Waals surface area contributed by atoms with E-state index >= 15 is 0 Å². The van der Waals surface area contributed by atoms with E-state index in [1.165, 1.54) is 4.88 Å². The van der Waals surface area contributed by atoms with Gasteiger partial charge in [-0.1, -0.05) is 13.8 Å². The molecule has 0 saturated carbocycles. The molecule has 2 heterocycles. The molecule has 8 nitrogen and oxygen atoms in total. The number of thiophene rings is 1. The van der Waals surface area contributed by atoms with Crippen molar-refractivity contribution in [2.45, 2.75) is 40.2 Å². The second-order valence-corrected chi connectivity index (χ2v) is 9.03. The number of hydrogen-bond acceptors (Lipinski definition) is 7. The van der Waals surface area contributed by atoms with Gasteiger partial charge in [-0.05, 0) is 61.6 Å². The van der Waals surface area contributed by atoms with Crippen LogP contribution in [0.3, 0.4) is 0 Å². The number of nitrogens with zero attached hydrogens (tertiary/aromatic N) is 2. The Morgan fingerprint density at radius 2 is 1.87 bits per heavy atom. The monoisotopic (exact) mass is 445 g/mol. The second-order valence-electron chi connectivity index (χ2n) is 7.87. The van der Waals surface area contributed by atoms with Crippen molar-refractivity contribution in [2.75, 3.05) is 13.2 Å². The van der Waals surface area contributed by atoms with E-state index in [4.69, 9.17) is 14.3 Å². The van der Waals surface area contributed by atoms with Crippen LogP contribution in [0.4, 0.5) is 4.79 Å². The van der Waals surface area contributed by atoms with Crippen molar-refractivity contribution in [3.8, 4) is 28.0 Å². The van der Waals surface area contributed by atoms with E-state index in [2.05, 4.69) is 35.4 Å². The lowest BCUT2D eigenvalue weighted by molar-refractivity contribution is 0.103. The number of nitrogens with one attached hydrogen (secondary N) is 1. The molecule has 166 valence electrons. The molecule has 1 amide bonds. The maximum atomic E-state index is 10.5. The number of aliphatic hydroxyl groups is 1. The Labute approximate surface area is 184 Å². The first-order valence-electron chi connectivity index (χ1n) is 10.0. The normalized spacial score (nSPS) is 12.2. The Morgan fingerprint density at radius 3 is 2.52 bits per heavy atom. The third kappa shape index (κ3) is 6.05. The highest BCUT2D eigenvalue weighted by Crippen LogP contribution is 2.33. The van der Waals surface area contributed by atoms with Crippen molar-refractivity contribution in [1.29, 1.82) is 0 Å². The van der Waals surface area contributed by atoms with E-state index in [1.807, 2.05) is 32.0 Å². The molecule has 0 fully saturated rings. The fraction of sp³-hybridized carbons (Fsp3) is 0.409. The number of carbonyl (C=O) groups is 1. The van der Waals surface area contributed by atoms with Crippen LogP contribution in [0.15, 0.2) is 28.7 Å². The van der Waals surface area contributed by atoms with Gasteiger partial charge < -0.3 is 24.7 Å². The molecule has 0 aliphatic carbocycles. The number of ether oxygens (including phenoxy) is 1. The minimum absolute atomic E-state index is 0.0247. The molecule has 2 aromatic heterocycles. The summed E-state index contributed by atoms with van der Waals surface area (Å²) in [5.41, 5.74) is 2.49. The van der Waals surface area contributed by atoms with Gasteiger partial charge in [0.1, 0.15) is 18.5 Å². The number of aryl methyl sites for hydroxylation is 2. The largest absolute Gasteiger partial charge is 0.490 e. The second kappa shape index (κ2) is 9.93. The highest BCUT2D eigenvalue weighted by Gasteiger charge is 2.16. The molecule has 31 heavy (non-hydrogen) atoms. The maximum absolute atomic E-state index is 10.5. The molecular weight excluding hydrogens is 418 g/mol. The number of rotatable bonds is 9. The molecule has 1 atom stereocenters. The summed E-state index contributed by atoms with van der Waals surface area (Å²) in [7, 11) is 0. The average Bonchev–Trinajstić information content (AvgIpc) is 3.34. The van der Waals surface area contributed by atoms with Crippen LogP contribution < -0.4 is 10.1 Å². The number of benzene rings is 1. The van der Waals surface area contributed by atoms with Crippen LogP contribution in [-0.2, 0) is 6.42 Å². The molecule has 0 aliphatic heterocycles. The van der Waals surface area contributed by atoms with E-state index in [-0.39, 0.29) is 13.2 Å². The first-order valence-corrected chi connectivity index (χ1v) is 10.9. The smallest absolute Gasteiger partial charge is 0.404 e. The third-order valence-electron chi connectivity index (χ3n) is 4.52. The molecule has 0 spiro atoms. The lowest BCUT2D eigenvalue weighted by Gasteiger charge is -2.16. The van der Waals surface area contributed by atoms with Crippen LogP contribution >= 0.6 is 11.3 Å². The zero-order chi connectivity index (χ0) is 22.5. The minimum Gasteiger partial charge on any atom is -0.490 e. The topological polar surface area (TPSA) is 118 Å². The molecule has 0 saturated heterocycles. The van der Waals surface area contributed by atoms with Gasteiger partial charge in [0.25, 0.3) is 5.89 Å². The minimum atomic E-state index is -1.19. The molecule has 1 aromatic carbocycles. The fourth-order valence-corrected chi connectivity index (χ4v) is 4.33. The Bertz CT molecular complexity index is 1020. The van der Waals surface area contributed by atoms with E-state index in [1.54, 1.807) is 11.3 Å². The van der Waals surface area contributed by atoms with Gasteiger partial charge in [0, 0.05) is 10.4 Å². The lowest BCUT2D eigenvalue weighted by atomic mass is 10.1. The summed E-state index contributed by atoms with van der Waals surface area (Å²) in [6, 6.07) is 7.89. The van der Waals surface area contributed by atoms with Crippen LogP contribution in [0.5, 0.6) is 5.75 Å². The molecule has 0 bridgehead atoms. The van der Waals surface area contributed by atoms with Gasteiger partial charge in [0.15, 0.2) is 0 Å². The van der Waals surface area contributed by atoms with Gasteiger partial charge >= 0.3 is 6.09 Å². The average molecular weight is 446 g/mol. The van der Waals surface area contributed by atoms with Gasteiger partial charge in [-0.3, -0.25) is 0 Å². The lowest BCUT2D eigenvalue weighted by Crippen LogP contribution is -2.34. The molecule has 3 aromatic rings. The predicted octanol–water partition coefficient (Wildman–Crippen LogP) is 4.29. The summed E-state index contributed by atoms with van der Waals surface area (Å²) in [5.74, 6) is 2.15. The summed E-state index contributed by atoms with van der Waals surface area (Å²) in [6.45, 7) is 8.04. The molecule has 0 radical (unpaired) electrons. The van der Waals surface area contributed by atoms with Crippen LogP contribution in [0.25, 0.3) is 22.2 Å². The number of carboxylic acid groups (broad SMARTS) is 1. The Morgan fingerprint density at radius 1 is 1.19 bits per heavy atom. The Balaban J connectivity index is 1.71. The first kappa shape index (κ1) is 22.8. The molecule has 1 unspecified atom stereocenters. The van der Waals surface area contributed by atoms with E-state index in [0.717, 1.165) is 28.0 Å². The summed E-state index contributed by atoms with van der Waals surface area (Å²) in [4.78, 5) is 12.8. The van der Waals surface area contributed by atoms with Crippen molar-refractivity contribution in [2.24, 2.45) is 5.92 Å². The zero-order valence-electron chi connectivity index (χ0n) is 18.0. The highest BCUT2D eigenvalue weighted by molar-refractivity contribution is 7.15. The summed E-state index contributed by atoms with van der Waals surface area (Å²) < 4.78 is 11.6. The fourth-order valence-electron chi connectivity index (χ4n) is 3.19. The molecule has 0 aliphatic rings. The van der Waals surface area contributed by atoms with Crippen LogP contribution in [0.1, 0.15) is 29.9 Å². The quantitative estimate of drug-likeness (QED) is 0.450. The number of hydrogen-bond donors (Lipinski definition) is 3. The van der Waals surface area contributed by atoms with Crippen molar-refractivity contribution in [3.05, 3.63) is 40.3 Å². The van der Waals surface area contributed by atoms with Gasteiger partial charge in [0.2, 0.25) is 5.89 Å². The van der Waals surface area contributed by atoms with Gasteiger partial charge in [-0.25, -0.2) is 4.79 Å². The molecule has 3 N–H and O–H groups in total. The van der Waals surface area contributed by atoms with Crippen LogP contribution in [0.2, 0.25) is 0 Å². The SMILES string of the molecule is Cc1cc(-c2nnc(-c3ccc(CC(C)C)s3)o2)cc(C)c1OCC(O)CNC(=O)O. The van der Waals surface area contributed by atoms with Crippen LogP contribution in [0, 0.1) is 19.8 Å². The summed E-state index contributed by atoms with van der Waals surface area (Å²) in [5, 5.41) is 29.0. The number of amides is 1. The van der Waals surface area contributed by atoms with Crippen LogP contribution in [-0.4, -0.2) is 45.8 Å². The summed E-state index contributed by atoms with van der Waals surface area (Å²) in [6.07, 6.45) is -1.11. The predicted molar refractivity (Wildman–Crippen MR) is 119 cm³/mol. The third-order valence-corrected chi connectivity index (χ3v) is 5.62. The van der Waals surface area contributed by atoms with E-state index < -0.39 is 12.2 Å². The van der Waals surface area contributed by atoms with Gasteiger partial charge in [-0.15, -0.1) is 21.5 Å². The number of aromatic nitrogens is 2. The van der Waals surface area contributed by atoms with Gasteiger partial charge in [-0.2, -0.15) is 0 Å². The molecule has 3 rings (SSSR count). The maximum Gasteiger partial charge on any atom is 0.404 e. The molecular formula is C22H27N3O5S. The highest BCUT2D eigenvalue weighted by atomic mass is 32.1. The molecule has 9 heteroatoms. The van der Waals surface area contributed by atoms with Gasteiger partial charge in [0.05, 0.1) is 11.4 Å².